The van der Waals surface area contributed by atoms with Crippen LogP contribution in [0.25, 0.3) is 10.9 Å². The first-order valence-electron chi connectivity index (χ1n) is 9.73. The topological polar surface area (TPSA) is 65.5 Å². The first-order valence-corrected chi connectivity index (χ1v) is 9.73. The van der Waals surface area contributed by atoms with Gasteiger partial charge >= 0.3 is 0 Å². The highest BCUT2D eigenvalue weighted by molar-refractivity contribution is 6.07. The summed E-state index contributed by atoms with van der Waals surface area (Å²) in [6, 6.07) is 7.87. The number of hydrogen-bond donors (Lipinski definition) is 2. The van der Waals surface area contributed by atoms with Crippen molar-refractivity contribution in [2.45, 2.75) is 51.2 Å². The molecular formula is C21H27N3O2. The molecule has 0 atom stereocenters. The van der Waals surface area contributed by atoms with Crippen LogP contribution in [0.15, 0.2) is 24.3 Å². The van der Waals surface area contributed by atoms with E-state index >= 15 is 0 Å². The number of rotatable bonds is 4. The minimum Gasteiger partial charge on any atom is -0.388 e. The molecule has 138 valence electrons. The van der Waals surface area contributed by atoms with Crippen molar-refractivity contribution in [1.82, 2.24) is 15.2 Å². The van der Waals surface area contributed by atoms with Gasteiger partial charge in [-0.25, -0.2) is 0 Å². The lowest BCUT2D eigenvalue weighted by Crippen LogP contribution is -2.41. The van der Waals surface area contributed by atoms with Crippen molar-refractivity contribution in [2.75, 3.05) is 19.6 Å². The van der Waals surface area contributed by atoms with Gasteiger partial charge in [-0.05, 0) is 25.5 Å². The number of carbonyl (C=O) groups excluding carboxylic acids is 1. The number of nitrogens with zero attached hydrogens (tertiary/aromatic N) is 2. The van der Waals surface area contributed by atoms with E-state index in [0.29, 0.717) is 6.54 Å². The molecule has 0 bridgehead atoms. The molecule has 0 saturated heterocycles. The minimum absolute atomic E-state index is 0.0851. The smallest absolute Gasteiger partial charge is 0.252 e. The van der Waals surface area contributed by atoms with Crippen molar-refractivity contribution in [3.8, 4) is 0 Å². The number of carbonyl (C=O) groups is 1. The fourth-order valence-corrected chi connectivity index (χ4v) is 4.32. The molecule has 0 spiro atoms. The van der Waals surface area contributed by atoms with Crippen LogP contribution < -0.4 is 5.32 Å². The maximum atomic E-state index is 13.2. The first-order chi connectivity index (χ1) is 12.6. The molecule has 1 aliphatic heterocycles. The van der Waals surface area contributed by atoms with Crippen LogP contribution in [0.5, 0.6) is 0 Å². The number of nitrogens with one attached hydrogen (secondary N) is 1. The van der Waals surface area contributed by atoms with Crippen molar-refractivity contribution in [3.63, 3.8) is 0 Å². The zero-order valence-corrected chi connectivity index (χ0v) is 15.4. The zero-order chi connectivity index (χ0) is 18.1. The van der Waals surface area contributed by atoms with Crippen molar-refractivity contribution in [2.24, 2.45) is 0 Å². The largest absolute Gasteiger partial charge is 0.388 e. The first kappa shape index (κ1) is 17.4. The summed E-state index contributed by atoms with van der Waals surface area (Å²) in [6.45, 7) is 5.18. The van der Waals surface area contributed by atoms with Gasteiger partial charge in [0, 0.05) is 42.7 Å². The summed E-state index contributed by atoms with van der Waals surface area (Å²) in [6.07, 6.45) is 4.48. The normalized spacial score (nSPS) is 19.5. The molecule has 2 aromatic rings. The van der Waals surface area contributed by atoms with Crippen LogP contribution in [0.4, 0.5) is 0 Å². The van der Waals surface area contributed by atoms with E-state index in [1.165, 1.54) is 0 Å². The highest BCUT2D eigenvalue weighted by Gasteiger charge is 2.32. The molecule has 26 heavy (non-hydrogen) atoms. The summed E-state index contributed by atoms with van der Waals surface area (Å²) < 4.78 is 0. The SMILES string of the molecule is CCN1CCc2nc3ccccc3c(C(=O)NCC3(O)CCCC3)c2C1. The van der Waals surface area contributed by atoms with Gasteiger partial charge < -0.3 is 10.4 Å². The second kappa shape index (κ2) is 6.97. The third kappa shape index (κ3) is 3.21. The molecule has 2 heterocycles. The predicted molar refractivity (Wildman–Crippen MR) is 102 cm³/mol. The Kier molecular flexibility index (Phi) is 4.67. The molecule has 5 nitrogen and oxygen atoms in total. The van der Waals surface area contributed by atoms with Gasteiger partial charge in [-0.1, -0.05) is 38.0 Å². The maximum Gasteiger partial charge on any atom is 0.252 e. The highest BCUT2D eigenvalue weighted by Crippen LogP contribution is 2.30. The molecule has 1 aliphatic carbocycles. The second-order valence-corrected chi connectivity index (χ2v) is 7.66. The Bertz CT molecular complexity index is 827. The van der Waals surface area contributed by atoms with Gasteiger partial charge in [-0.2, -0.15) is 0 Å². The number of likely N-dealkylation sites (N-methyl/N-ethyl adjacent to an activating group) is 1. The number of fused-ring (bicyclic) bond motifs is 2. The summed E-state index contributed by atoms with van der Waals surface area (Å²) in [5, 5.41) is 14.5. The molecular weight excluding hydrogens is 326 g/mol. The van der Waals surface area contributed by atoms with Gasteiger partial charge in [-0.3, -0.25) is 14.7 Å². The molecule has 1 aromatic heterocycles. The molecule has 2 aliphatic rings. The lowest BCUT2D eigenvalue weighted by molar-refractivity contribution is 0.0449. The van der Waals surface area contributed by atoms with Crippen LogP contribution in [0.2, 0.25) is 0 Å². The molecule has 1 saturated carbocycles. The van der Waals surface area contributed by atoms with Crippen LogP contribution in [-0.4, -0.2) is 46.1 Å². The third-order valence-corrected chi connectivity index (χ3v) is 5.91. The van der Waals surface area contributed by atoms with Crippen LogP contribution in [0.3, 0.4) is 0 Å². The number of aromatic nitrogens is 1. The lowest BCUT2D eigenvalue weighted by Gasteiger charge is -2.29. The Morgan fingerprint density at radius 1 is 1.31 bits per heavy atom. The molecule has 4 rings (SSSR count). The maximum absolute atomic E-state index is 13.2. The van der Waals surface area contributed by atoms with Gasteiger partial charge in [0.15, 0.2) is 0 Å². The van der Waals surface area contributed by atoms with Crippen molar-refractivity contribution >= 4 is 16.8 Å². The van der Waals surface area contributed by atoms with E-state index in [1.807, 2.05) is 24.3 Å². The quantitative estimate of drug-likeness (QED) is 0.887. The fourth-order valence-electron chi connectivity index (χ4n) is 4.32. The van der Waals surface area contributed by atoms with Crippen LogP contribution in [0.1, 0.15) is 54.2 Å². The number of hydrogen-bond acceptors (Lipinski definition) is 4. The zero-order valence-electron chi connectivity index (χ0n) is 15.4. The monoisotopic (exact) mass is 353 g/mol. The Hall–Kier alpha value is -1.98. The summed E-state index contributed by atoms with van der Waals surface area (Å²) in [5.74, 6) is -0.0851. The predicted octanol–water partition coefficient (Wildman–Crippen LogP) is 2.65. The second-order valence-electron chi connectivity index (χ2n) is 7.66. The van der Waals surface area contributed by atoms with Crippen LogP contribution in [-0.2, 0) is 13.0 Å². The van der Waals surface area contributed by atoms with Crippen molar-refractivity contribution < 1.29 is 9.90 Å². The molecule has 0 radical (unpaired) electrons. The van der Waals surface area contributed by atoms with E-state index in [1.54, 1.807) is 0 Å². The van der Waals surface area contributed by atoms with E-state index in [2.05, 4.69) is 17.1 Å². The Labute approximate surface area is 154 Å². The summed E-state index contributed by atoms with van der Waals surface area (Å²) in [4.78, 5) is 20.3. The summed E-state index contributed by atoms with van der Waals surface area (Å²) in [7, 11) is 0. The van der Waals surface area contributed by atoms with Crippen LogP contribution >= 0.6 is 0 Å². The van der Waals surface area contributed by atoms with E-state index in [-0.39, 0.29) is 5.91 Å². The Balaban J connectivity index is 1.71. The van der Waals surface area contributed by atoms with Gasteiger partial charge in [0.25, 0.3) is 5.91 Å². The van der Waals surface area contributed by atoms with Gasteiger partial charge in [0.1, 0.15) is 0 Å². The minimum atomic E-state index is -0.742. The summed E-state index contributed by atoms with van der Waals surface area (Å²) in [5.41, 5.74) is 2.96. The van der Waals surface area contributed by atoms with Crippen LogP contribution in [0, 0.1) is 0 Å². The van der Waals surface area contributed by atoms with E-state index in [9.17, 15) is 9.90 Å². The average Bonchev–Trinajstić information content (AvgIpc) is 3.10. The number of para-hydroxylation sites is 1. The van der Waals surface area contributed by atoms with Gasteiger partial charge in [-0.15, -0.1) is 0 Å². The van der Waals surface area contributed by atoms with Crippen molar-refractivity contribution in [1.29, 1.82) is 0 Å². The van der Waals surface area contributed by atoms with E-state index in [0.717, 1.165) is 79.5 Å². The standard InChI is InChI=1S/C21H27N3O2/c1-2-24-12-9-18-16(13-24)19(15-7-3-4-8-17(15)23-18)20(25)22-14-21(26)10-5-6-11-21/h3-4,7-8,26H,2,5-6,9-14H2,1H3,(H,22,25). The molecule has 1 fully saturated rings. The number of benzene rings is 1. The molecule has 2 N–H and O–H groups in total. The van der Waals surface area contributed by atoms with Gasteiger partial charge in [0.05, 0.1) is 16.7 Å². The molecule has 5 heteroatoms. The lowest BCUT2D eigenvalue weighted by atomic mass is 9.94. The van der Waals surface area contributed by atoms with Crippen molar-refractivity contribution in [3.05, 3.63) is 41.1 Å². The summed E-state index contributed by atoms with van der Waals surface area (Å²) >= 11 is 0. The third-order valence-electron chi connectivity index (χ3n) is 5.91. The molecule has 1 aromatic carbocycles. The Morgan fingerprint density at radius 2 is 2.08 bits per heavy atom. The number of aliphatic hydroxyl groups is 1. The Morgan fingerprint density at radius 3 is 2.85 bits per heavy atom. The number of amides is 1. The fraction of sp³-hybridized carbons (Fsp3) is 0.524. The number of pyridine rings is 1. The molecule has 1 amide bonds. The van der Waals surface area contributed by atoms with E-state index < -0.39 is 5.60 Å². The average molecular weight is 353 g/mol. The molecule has 0 unspecified atom stereocenters. The van der Waals surface area contributed by atoms with Gasteiger partial charge in [0.2, 0.25) is 0 Å². The van der Waals surface area contributed by atoms with E-state index in [4.69, 9.17) is 4.98 Å². The highest BCUT2D eigenvalue weighted by atomic mass is 16.3.